The van der Waals surface area contributed by atoms with E-state index in [0.29, 0.717) is 5.75 Å². The predicted octanol–water partition coefficient (Wildman–Crippen LogP) is 4.99. The van der Waals surface area contributed by atoms with Crippen LogP contribution in [-0.2, 0) is 10.3 Å². The van der Waals surface area contributed by atoms with E-state index in [0.717, 1.165) is 22.4 Å². The molecule has 1 N–H and O–H groups in total. The molecule has 1 heterocycles. The molecular weight excluding hydrogens is 408 g/mol. The summed E-state index contributed by atoms with van der Waals surface area (Å²) >= 11 is 0. The monoisotopic (exact) mass is 434 g/mol. The number of anilines is 1. The molecule has 1 aliphatic rings. The van der Waals surface area contributed by atoms with E-state index in [1.54, 1.807) is 11.9 Å². The Bertz CT molecular complexity index is 1130. The van der Waals surface area contributed by atoms with Gasteiger partial charge in [-0.25, -0.2) is 0 Å². The quantitative estimate of drug-likeness (QED) is 0.450. The number of hydrogen-bond acceptors (Lipinski definition) is 3. The van der Waals surface area contributed by atoms with Crippen LogP contribution in [0.15, 0.2) is 115 Å². The lowest BCUT2D eigenvalue weighted by molar-refractivity contribution is -0.121. The van der Waals surface area contributed by atoms with Gasteiger partial charge in [-0.1, -0.05) is 103 Å². The van der Waals surface area contributed by atoms with Crippen LogP contribution in [0.3, 0.4) is 0 Å². The zero-order valence-electron chi connectivity index (χ0n) is 18.5. The molecule has 1 atom stereocenters. The lowest BCUT2D eigenvalue weighted by atomic mass is 9.76. The molecule has 0 spiro atoms. The number of para-hydroxylation sites is 2. The van der Waals surface area contributed by atoms with Gasteiger partial charge >= 0.3 is 0 Å². The molecule has 4 heteroatoms. The third kappa shape index (κ3) is 3.79. The number of fused-ring (bicyclic) bond motifs is 1. The number of rotatable bonds is 5. The van der Waals surface area contributed by atoms with Crippen molar-refractivity contribution in [3.8, 4) is 5.75 Å². The first-order valence-electron chi connectivity index (χ1n) is 11.1. The van der Waals surface area contributed by atoms with Crippen molar-refractivity contribution in [2.75, 3.05) is 18.6 Å². The molecule has 4 aromatic carbocycles. The van der Waals surface area contributed by atoms with Gasteiger partial charge < -0.3 is 9.64 Å². The Balaban J connectivity index is 1.67. The van der Waals surface area contributed by atoms with Crippen LogP contribution in [-0.4, -0.2) is 25.6 Å². The minimum atomic E-state index is -0.745. The Morgan fingerprint density at radius 2 is 1.18 bits per heavy atom. The second kappa shape index (κ2) is 8.93. The summed E-state index contributed by atoms with van der Waals surface area (Å²) in [6, 6.07) is 37.9. The highest BCUT2D eigenvalue weighted by Gasteiger charge is 2.41. The summed E-state index contributed by atoms with van der Waals surface area (Å²) in [5.74, 6) is 0.675. The second-order valence-corrected chi connectivity index (χ2v) is 8.22. The van der Waals surface area contributed by atoms with Crippen LogP contribution in [0, 0.1) is 0 Å². The molecule has 1 aliphatic heterocycles. The summed E-state index contributed by atoms with van der Waals surface area (Å²) in [6.45, 7) is 0.231. The minimum absolute atomic E-state index is 0.0351. The summed E-state index contributed by atoms with van der Waals surface area (Å²) in [6.07, 6.45) is 0. The van der Waals surface area contributed by atoms with Gasteiger partial charge in [0.25, 0.3) is 0 Å². The normalized spacial score (nSPS) is 16.0. The smallest absolute Gasteiger partial charge is 0.247 e. The van der Waals surface area contributed by atoms with Gasteiger partial charge in [0.2, 0.25) is 5.91 Å². The highest BCUT2D eigenvalue weighted by Crippen LogP contribution is 2.38. The van der Waals surface area contributed by atoms with Crippen LogP contribution in [0.2, 0.25) is 0 Å². The number of benzene rings is 4. The van der Waals surface area contributed by atoms with Crippen LogP contribution >= 0.6 is 0 Å². The third-order valence-corrected chi connectivity index (χ3v) is 6.27. The van der Waals surface area contributed by atoms with E-state index in [-0.39, 0.29) is 12.5 Å². The Hall–Kier alpha value is -3.89. The Labute approximate surface area is 194 Å². The fraction of sp³-hybridized carbons (Fsp3) is 0.138. The van der Waals surface area contributed by atoms with Crippen molar-refractivity contribution in [1.29, 1.82) is 0 Å². The van der Waals surface area contributed by atoms with Crippen LogP contribution in [0.25, 0.3) is 0 Å². The number of carbonyl (C=O) groups is 1. The van der Waals surface area contributed by atoms with Gasteiger partial charge in [0.05, 0.1) is 11.2 Å². The maximum absolute atomic E-state index is 13.7. The summed E-state index contributed by atoms with van der Waals surface area (Å²) in [7, 11) is 1.81. The minimum Gasteiger partial charge on any atom is -0.489 e. The van der Waals surface area contributed by atoms with E-state index in [9.17, 15) is 4.79 Å². The fourth-order valence-corrected chi connectivity index (χ4v) is 4.63. The van der Waals surface area contributed by atoms with Crippen molar-refractivity contribution in [2.45, 2.75) is 11.6 Å². The Morgan fingerprint density at radius 3 is 1.70 bits per heavy atom. The number of nitrogens with zero attached hydrogens (tertiary/aromatic N) is 1. The molecule has 1 amide bonds. The molecule has 33 heavy (non-hydrogen) atoms. The molecule has 0 radical (unpaired) electrons. The molecule has 0 fully saturated rings. The molecule has 4 aromatic rings. The maximum atomic E-state index is 13.7. The number of ether oxygens (including phenoxy) is 1. The summed E-state index contributed by atoms with van der Waals surface area (Å²) in [5.41, 5.74) is 3.19. The third-order valence-electron chi connectivity index (χ3n) is 6.27. The van der Waals surface area contributed by atoms with Crippen LogP contribution in [0.4, 0.5) is 5.69 Å². The van der Waals surface area contributed by atoms with Crippen LogP contribution in [0.5, 0.6) is 5.75 Å². The van der Waals surface area contributed by atoms with Gasteiger partial charge in [0, 0.05) is 7.05 Å². The standard InChI is InChI=1S/C29H26N2O2/c1-31-26-19-11-12-20-27(26)33-21-25(28(31)32)30-29(22-13-5-2-6-14-22,23-15-7-3-8-16-23)24-17-9-4-10-18-24/h2-20,25,30H,21H2,1H3/t25-/m0/s1. The number of carbonyl (C=O) groups excluding carboxylic acids is 1. The van der Waals surface area contributed by atoms with Gasteiger partial charge in [0.15, 0.2) is 0 Å². The molecule has 0 aliphatic carbocycles. The first kappa shape index (κ1) is 21.0. The topological polar surface area (TPSA) is 41.6 Å². The summed E-state index contributed by atoms with van der Waals surface area (Å²) < 4.78 is 6.13. The van der Waals surface area contributed by atoms with E-state index in [1.165, 1.54) is 0 Å². The number of amides is 1. The van der Waals surface area contributed by atoms with Crippen molar-refractivity contribution >= 4 is 11.6 Å². The second-order valence-electron chi connectivity index (χ2n) is 8.22. The van der Waals surface area contributed by atoms with E-state index in [1.807, 2.05) is 78.9 Å². The molecule has 5 rings (SSSR count). The SMILES string of the molecule is CN1C(=O)[C@@H](NC(c2ccccc2)(c2ccccc2)c2ccccc2)COc2ccccc21. The zero-order valence-corrected chi connectivity index (χ0v) is 18.5. The lowest BCUT2D eigenvalue weighted by Crippen LogP contribution is -2.56. The number of likely N-dealkylation sites (N-methyl/N-ethyl adjacent to an activating group) is 1. The van der Waals surface area contributed by atoms with Crippen LogP contribution < -0.4 is 15.0 Å². The Morgan fingerprint density at radius 1 is 0.727 bits per heavy atom. The molecule has 0 unspecified atom stereocenters. The largest absolute Gasteiger partial charge is 0.489 e. The van der Waals surface area contributed by atoms with E-state index in [2.05, 4.69) is 41.7 Å². The van der Waals surface area contributed by atoms with E-state index in [4.69, 9.17) is 4.74 Å². The molecule has 164 valence electrons. The molecule has 4 nitrogen and oxygen atoms in total. The highest BCUT2D eigenvalue weighted by atomic mass is 16.5. The molecular formula is C29H26N2O2. The average molecular weight is 435 g/mol. The summed E-state index contributed by atoms with van der Waals surface area (Å²) in [5, 5.41) is 3.76. The van der Waals surface area contributed by atoms with E-state index >= 15 is 0 Å². The maximum Gasteiger partial charge on any atom is 0.247 e. The molecule has 0 bridgehead atoms. The average Bonchev–Trinajstić information content (AvgIpc) is 3.01. The van der Waals surface area contributed by atoms with Crippen molar-refractivity contribution in [3.63, 3.8) is 0 Å². The Kier molecular flexibility index (Phi) is 5.68. The zero-order chi connectivity index (χ0) is 22.7. The van der Waals surface area contributed by atoms with Gasteiger partial charge in [-0.05, 0) is 28.8 Å². The van der Waals surface area contributed by atoms with E-state index < -0.39 is 11.6 Å². The van der Waals surface area contributed by atoms with Crippen molar-refractivity contribution in [1.82, 2.24) is 5.32 Å². The van der Waals surface area contributed by atoms with Gasteiger partial charge in [0.1, 0.15) is 18.4 Å². The van der Waals surface area contributed by atoms with Gasteiger partial charge in [-0.15, -0.1) is 0 Å². The lowest BCUT2D eigenvalue weighted by Gasteiger charge is -2.39. The van der Waals surface area contributed by atoms with Crippen molar-refractivity contribution in [3.05, 3.63) is 132 Å². The highest BCUT2D eigenvalue weighted by molar-refractivity contribution is 5.99. The predicted molar refractivity (Wildman–Crippen MR) is 131 cm³/mol. The number of hydrogen-bond donors (Lipinski definition) is 1. The van der Waals surface area contributed by atoms with Crippen molar-refractivity contribution < 1.29 is 9.53 Å². The number of nitrogens with one attached hydrogen (secondary N) is 1. The van der Waals surface area contributed by atoms with Crippen molar-refractivity contribution in [2.24, 2.45) is 0 Å². The van der Waals surface area contributed by atoms with Crippen LogP contribution in [0.1, 0.15) is 16.7 Å². The molecule has 0 aromatic heterocycles. The summed E-state index contributed by atoms with van der Waals surface area (Å²) in [4.78, 5) is 15.3. The molecule has 0 saturated heterocycles. The first-order valence-corrected chi connectivity index (χ1v) is 11.1. The fourth-order valence-electron chi connectivity index (χ4n) is 4.63. The van der Waals surface area contributed by atoms with Gasteiger partial charge in [-0.3, -0.25) is 10.1 Å². The molecule has 0 saturated carbocycles. The first-order chi connectivity index (χ1) is 16.2. The van der Waals surface area contributed by atoms with Gasteiger partial charge in [-0.2, -0.15) is 0 Å².